The van der Waals surface area contributed by atoms with Crippen molar-refractivity contribution < 1.29 is 0 Å². The molecule has 0 radical (unpaired) electrons. The molecule has 2 nitrogen and oxygen atoms in total. The van der Waals surface area contributed by atoms with Gasteiger partial charge in [0.2, 0.25) is 0 Å². The molecule has 0 saturated carbocycles. The van der Waals surface area contributed by atoms with E-state index in [9.17, 15) is 0 Å². The van der Waals surface area contributed by atoms with Gasteiger partial charge in [-0.15, -0.1) is 0 Å². The van der Waals surface area contributed by atoms with Gasteiger partial charge in [-0.2, -0.15) is 0 Å². The molecule has 0 unspecified atom stereocenters. The molecular formula is C16H20N2. The van der Waals surface area contributed by atoms with Crippen molar-refractivity contribution in [2.24, 2.45) is 0 Å². The minimum absolute atomic E-state index is 0.867. The Morgan fingerprint density at radius 1 is 1.06 bits per heavy atom. The summed E-state index contributed by atoms with van der Waals surface area (Å²) in [5, 5.41) is 3.16. The van der Waals surface area contributed by atoms with Crippen molar-refractivity contribution in [2.45, 2.75) is 27.3 Å². The number of hydrogen-bond donors (Lipinski definition) is 1. The molecule has 0 fully saturated rings. The maximum atomic E-state index is 4.71. The fourth-order valence-electron chi connectivity index (χ4n) is 2.22. The maximum absolute atomic E-state index is 4.71. The minimum atomic E-state index is 0.867. The Morgan fingerprint density at radius 3 is 2.44 bits per heavy atom. The topological polar surface area (TPSA) is 24.9 Å². The van der Waals surface area contributed by atoms with E-state index in [1.54, 1.807) is 0 Å². The van der Waals surface area contributed by atoms with Crippen molar-refractivity contribution in [1.29, 1.82) is 0 Å². The Balaban J connectivity index is 2.42. The van der Waals surface area contributed by atoms with E-state index in [4.69, 9.17) is 4.98 Å². The number of aryl methyl sites for hydroxylation is 3. The van der Waals surface area contributed by atoms with E-state index in [0.717, 1.165) is 17.9 Å². The molecule has 0 aliphatic rings. The largest absolute Gasteiger partial charge is 0.316 e. The van der Waals surface area contributed by atoms with Crippen molar-refractivity contribution in [3.05, 3.63) is 52.7 Å². The van der Waals surface area contributed by atoms with Gasteiger partial charge in [-0.3, -0.25) is 4.98 Å². The van der Waals surface area contributed by atoms with E-state index in [1.807, 2.05) is 7.05 Å². The first-order valence-corrected chi connectivity index (χ1v) is 6.30. The average Bonchev–Trinajstić information content (AvgIpc) is 2.32. The highest BCUT2D eigenvalue weighted by Gasteiger charge is 2.06. The normalized spacial score (nSPS) is 10.7. The van der Waals surface area contributed by atoms with Gasteiger partial charge in [-0.1, -0.05) is 29.8 Å². The van der Waals surface area contributed by atoms with Crippen LogP contribution in [-0.2, 0) is 6.54 Å². The number of rotatable bonds is 3. The van der Waals surface area contributed by atoms with Gasteiger partial charge in [-0.25, -0.2) is 0 Å². The van der Waals surface area contributed by atoms with Crippen LogP contribution in [-0.4, -0.2) is 12.0 Å². The molecular weight excluding hydrogens is 220 g/mol. The molecule has 0 bridgehead atoms. The zero-order chi connectivity index (χ0) is 13.1. The number of nitrogens with zero attached hydrogens (tertiary/aromatic N) is 1. The predicted octanol–water partition coefficient (Wildman–Crippen LogP) is 3.39. The third-order valence-electron chi connectivity index (χ3n) is 3.22. The van der Waals surface area contributed by atoms with E-state index in [0.29, 0.717) is 0 Å². The monoisotopic (exact) mass is 240 g/mol. The lowest BCUT2D eigenvalue weighted by atomic mass is 10.0. The molecule has 1 aromatic heterocycles. The van der Waals surface area contributed by atoms with Gasteiger partial charge in [0.25, 0.3) is 0 Å². The molecule has 0 aliphatic carbocycles. The summed E-state index contributed by atoms with van der Waals surface area (Å²) < 4.78 is 0. The Bertz CT molecular complexity index is 559. The molecule has 1 aromatic carbocycles. The Morgan fingerprint density at radius 2 is 1.83 bits per heavy atom. The first kappa shape index (κ1) is 12.8. The lowest BCUT2D eigenvalue weighted by Crippen LogP contribution is -2.07. The molecule has 0 spiro atoms. The number of aromatic nitrogens is 1. The molecule has 0 amide bonds. The third-order valence-corrected chi connectivity index (χ3v) is 3.22. The first-order valence-electron chi connectivity index (χ1n) is 6.30. The van der Waals surface area contributed by atoms with Crippen molar-refractivity contribution in [1.82, 2.24) is 10.3 Å². The van der Waals surface area contributed by atoms with Crippen LogP contribution in [0.5, 0.6) is 0 Å². The SMILES string of the molecule is CNCc1ccc(-c2ccc(C)cc2C)nc1C. The molecule has 0 aliphatic heterocycles. The van der Waals surface area contributed by atoms with E-state index >= 15 is 0 Å². The third kappa shape index (κ3) is 2.59. The second kappa shape index (κ2) is 5.32. The van der Waals surface area contributed by atoms with Crippen molar-refractivity contribution in [3.8, 4) is 11.3 Å². The second-order valence-corrected chi connectivity index (χ2v) is 4.79. The van der Waals surface area contributed by atoms with Crippen molar-refractivity contribution in [3.63, 3.8) is 0 Å². The average molecular weight is 240 g/mol. The van der Waals surface area contributed by atoms with E-state index < -0.39 is 0 Å². The highest BCUT2D eigenvalue weighted by Crippen LogP contribution is 2.23. The summed E-state index contributed by atoms with van der Waals surface area (Å²) in [4.78, 5) is 4.71. The fourth-order valence-corrected chi connectivity index (χ4v) is 2.22. The Kier molecular flexibility index (Phi) is 3.78. The Hall–Kier alpha value is -1.67. The molecule has 2 rings (SSSR count). The molecule has 2 heteroatoms. The smallest absolute Gasteiger partial charge is 0.0708 e. The van der Waals surface area contributed by atoms with Crippen LogP contribution < -0.4 is 5.32 Å². The standard InChI is InChI=1S/C16H20N2/c1-11-5-7-15(12(2)9-11)16-8-6-14(10-17-4)13(3)18-16/h5-9,17H,10H2,1-4H3. The first-order chi connectivity index (χ1) is 8.61. The molecule has 0 saturated heterocycles. The van der Waals surface area contributed by atoms with Crippen LogP contribution in [0.25, 0.3) is 11.3 Å². The van der Waals surface area contributed by atoms with Crippen molar-refractivity contribution >= 4 is 0 Å². The van der Waals surface area contributed by atoms with Gasteiger partial charge < -0.3 is 5.32 Å². The van der Waals surface area contributed by atoms with Gasteiger partial charge in [0, 0.05) is 17.8 Å². The second-order valence-electron chi connectivity index (χ2n) is 4.79. The van der Waals surface area contributed by atoms with E-state index in [2.05, 4.69) is 56.4 Å². The number of hydrogen-bond acceptors (Lipinski definition) is 2. The zero-order valence-electron chi connectivity index (χ0n) is 11.5. The summed E-state index contributed by atoms with van der Waals surface area (Å²) in [7, 11) is 1.96. The molecule has 0 atom stereocenters. The van der Waals surface area contributed by atoms with Gasteiger partial charge in [-0.05, 0) is 45.0 Å². The molecule has 94 valence electrons. The summed E-state index contributed by atoms with van der Waals surface area (Å²) in [6.07, 6.45) is 0. The van der Waals surface area contributed by atoms with Gasteiger partial charge >= 0.3 is 0 Å². The minimum Gasteiger partial charge on any atom is -0.316 e. The van der Waals surface area contributed by atoms with Crippen LogP contribution >= 0.6 is 0 Å². The number of benzene rings is 1. The number of nitrogens with one attached hydrogen (secondary N) is 1. The van der Waals surface area contributed by atoms with Crippen LogP contribution in [0.3, 0.4) is 0 Å². The van der Waals surface area contributed by atoms with Crippen LogP contribution in [0.2, 0.25) is 0 Å². The molecule has 1 heterocycles. The van der Waals surface area contributed by atoms with Crippen LogP contribution in [0.4, 0.5) is 0 Å². The Labute approximate surface area is 109 Å². The molecule has 2 aromatic rings. The van der Waals surface area contributed by atoms with E-state index in [1.165, 1.54) is 22.3 Å². The highest BCUT2D eigenvalue weighted by molar-refractivity contribution is 5.64. The molecule has 1 N–H and O–H groups in total. The number of pyridine rings is 1. The van der Waals surface area contributed by atoms with Crippen LogP contribution in [0, 0.1) is 20.8 Å². The zero-order valence-corrected chi connectivity index (χ0v) is 11.5. The predicted molar refractivity (Wildman–Crippen MR) is 76.6 cm³/mol. The highest BCUT2D eigenvalue weighted by atomic mass is 14.8. The maximum Gasteiger partial charge on any atom is 0.0708 e. The lowest BCUT2D eigenvalue weighted by molar-refractivity contribution is 0.805. The molecule has 18 heavy (non-hydrogen) atoms. The summed E-state index contributed by atoms with van der Waals surface area (Å²) in [5.74, 6) is 0. The fraction of sp³-hybridized carbons (Fsp3) is 0.312. The van der Waals surface area contributed by atoms with Crippen LogP contribution in [0.1, 0.15) is 22.4 Å². The van der Waals surface area contributed by atoms with Crippen LogP contribution in [0.15, 0.2) is 30.3 Å². The summed E-state index contributed by atoms with van der Waals surface area (Å²) in [6.45, 7) is 7.19. The van der Waals surface area contributed by atoms with Gasteiger partial charge in [0.1, 0.15) is 0 Å². The van der Waals surface area contributed by atoms with Gasteiger partial charge in [0.15, 0.2) is 0 Å². The summed E-state index contributed by atoms with van der Waals surface area (Å²) >= 11 is 0. The summed E-state index contributed by atoms with van der Waals surface area (Å²) in [5.41, 5.74) is 7.21. The van der Waals surface area contributed by atoms with E-state index in [-0.39, 0.29) is 0 Å². The summed E-state index contributed by atoms with van der Waals surface area (Å²) in [6, 6.07) is 10.8. The van der Waals surface area contributed by atoms with Gasteiger partial charge in [0.05, 0.1) is 5.69 Å². The quantitative estimate of drug-likeness (QED) is 0.889. The van der Waals surface area contributed by atoms with Crippen molar-refractivity contribution in [2.75, 3.05) is 7.05 Å². The lowest BCUT2D eigenvalue weighted by Gasteiger charge is -2.10.